The van der Waals surface area contributed by atoms with E-state index < -0.39 is 5.41 Å². The van der Waals surface area contributed by atoms with Crippen molar-refractivity contribution >= 4 is 5.78 Å². The highest BCUT2D eigenvalue weighted by atomic mass is 16.1. The molecule has 0 saturated carbocycles. The van der Waals surface area contributed by atoms with Gasteiger partial charge in [-0.2, -0.15) is 0 Å². The van der Waals surface area contributed by atoms with Crippen LogP contribution in [0.1, 0.15) is 35.1 Å². The van der Waals surface area contributed by atoms with Gasteiger partial charge >= 0.3 is 0 Å². The highest BCUT2D eigenvalue weighted by Crippen LogP contribution is 2.52. The van der Waals surface area contributed by atoms with Crippen LogP contribution in [0.4, 0.5) is 0 Å². The zero-order valence-corrected chi connectivity index (χ0v) is 24.9. The fourth-order valence-corrected chi connectivity index (χ4v) is 7.60. The van der Waals surface area contributed by atoms with Crippen LogP contribution in [-0.4, -0.2) is 62.6 Å². The van der Waals surface area contributed by atoms with E-state index in [4.69, 9.17) is 0 Å². The van der Waals surface area contributed by atoms with Crippen molar-refractivity contribution in [2.45, 2.75) is 23.7 Å². The first-order valence-electron chi connectivity index (χ1n) is 14.9. The number of benzene rings is 4. The van der Waals surface area contributed by atoms with Crippen LogP contribution in [0.15, 0.2) is 133 Å². The molecule has 0 bridgehead atoms. The number of piperidine rings is 2. The molecule has 0 radical (unpaired) electrons. The van der Waals surface area contributed by atoms with Crippen LogP contribution in [0.2, 0.25) is 0 Å². The predicted molar refractivity (Wildman–Crippen MR) is 167 cm³/mol. The summed E-state index contributed by atoms with van der Waals surface area (Å²) in [4.78, 5) is 15.6. The molecule has 0 N–H and O–H groups in total. The molecule has 0 amide bonds. The fourth-order valence-electron chi connectivity index (χ4n) is 7.60. The average Bonchev–Trinajstić information content (AvgIpc) is 2.99. The molecule has 0 spiro atoms. The number of quaternary nitrogens is 2. The van der Waals surface area contributed by atoms with Crippen LogP contribution in [0, 0.1) is 0 Å². The molecular formula is C38H42N2O+2. The van der Waals surface area contributed by atoms with E-state index in [0.717, 1.165) is 53.8 Å². The van der Waals surface area contributed by atoms with Crippen molar-refractivity contribution in [3.63, 3.8) is 0 Å². The fraction of sp³-hybridized carbons (Fsp3) is 0.289. The lowest BCUT2D eigenvalue weighted by Crippen LogP contribution is -2.61. The maximum Gasteiger partial charge on any atom is 0.231 e. The van der Waals surface area contributed by atoms with Gasteiger partial charge in [0.2, 0.25) is 5.78 Å². The molecule has 0 aliphatic carbocycles. The maximum atomic E-state index is 15.6. The van der Waals surface area contributed by atoms with E-state index in [9.17, 15) is 0 Å². The second-order valence-electron chi connectivity index (χ2n) is 13.2. The third-order valence-corrected chi connectivity index (χ3v) is 9.80. The normalized spacial score (nSPS) is 22.7. The molecule has 6 rings (SSSR count). The molecule has 0 unspecified atom stereocenters. The van der Waals surface area contributed by atoms with Crippen molar-refractivity contribution in [1.82, 2.24) is 0 Å². The van der Waals surface area contributed by atoms with Crippen molar-refractivity contribution in [2.75, 3.05) is 47.8 Å². The van der Waals surface area contributed by atoms with E-state index in [0.29, 0.717) is 4.48 Å². The Morgan fingerprint density at radius 1 is 0.512 bits per heavy atom. The van der Waals surface area contributed by atoms with Crippen LogP contribution in [0.5, 0.6) is 0 Å². The Morgan fingerprint density at radius 3 is 1.29 bits per heavy atom. The first-order chi connectivity index (χ1) is 19.7. The van der Waals surface area contributed by atoms with Gasteiger partial charge < -0.3 is 4.48 Å². The maximum absolute atomic E-state index is 15.6. The average molecular weight is 543 g/mol. The van der Waals surface area contributed by atoms with Crippen LogP contribution in [0.25, 0.3) is 0 Å². The van der Waals surface area contributed by atoms with E-state index in [1.54, 1.807) is 0 Å². The van der Waals surface area contributed by atoms with Gasteiger partial charge in [0, 0.05) is 12.8 Å². The predicted octanol–water partition coefficient (Wildman–Crippen LogP) is 6.74. The molecule has 2 fully saturated rings. The van der Waals surface area contributed by atoms with Gasteiger partial charge in [0.25, 0.3) is 0 Å². The van der Waals surface area contributed by atoms with E-state index in [1.165, 1.54) is 16.7 Å². The molecule has 208 valence electrons. The number of likely N-dealkylation sites (tertiary alicyclic amines) is 2. The number of likely N-dealkylation sites (N-methyl/N-ethyl adjacent to an activating group) is 2. The Bertz CT molecular complexity index is 1480. The molecule has 41 heavy (non-hydrogen) atoms. The number of carbonyl (C=O) groups is 1. The van der Waals surface area contributed by atoms with Gasteiger partial charge in [-0.15, -0.1) is 0 Å². The van der Waals surface area contributed by atoms with E-state index in [-0.39, 0.29) is 11.2 Å². The second kappa shape index (κ2) is 10.2. The van der Waals surface area contributed by atoms with Gasteiger partial charge in [-0.3, -0.25) is 9.28 Å². The summed E-state index contributed by atoms with van der Waals surface area (Å²) >= 11 is 0. The van der Waals surface area contributed by atoms with Crippen molar-refractivity contribution in [1.29, 1.82) is 0 Å². The molecule has 2 heterocycles. The third kappa shape index (κ3) is 4.48. The van der Waals surface area contributed by atoms with Gasteiger partial charge in [-0.25, -0.2) is 0 Å². The zero-order chi connectivity index (χ0) is 28.7. The van der Waals surface area contributed by atoms with E-state index in [2.05, 4.69) is 137 Å². The number of allylic oxidation sites excluding steroid dienone is 1. The van der Waals surface area contributed by atoms with Gasteiger partial charge in [0.15, 0.2) is 5.70 Å². The molecule has 0 atom stereocenters. The number of hydrogen-bond donors (Lipinski definition) is 0. The summed E-state index contributed by atoms with van der Waals surface area (Å²) in [6, 6.07) is 42.9. The summed E-state index contributed by atoms with van der Waals surface area (Å²) in [6.07, 6.45) is 1.72. The minimum Gasteiger partial charge on any atom is -0.325 e. The van der Waals surface area contributed by atoms with Gasteiger partial charge in [-0.05, 0) is 22.3 Å². The molecule has 3 heteroatoms. The van der Waals surface area contributed by atoms with Crippen LogP contribution < -0.4 is 0 Å². The molecule has 3 nitrogen and oxygen atoms in total. The largest absolute Gasteiger partial charge is 0.325 e. The first-order valence-corrected chi connectivity index (χ1v) is 14.9. The number of nitrogens with zero attached hydrogens (tertiary/aromatic N) is 2. The monoisotopic (exact) mass is 542 g/mol. The highest BCUT2D eigenvalue weighted by Gasteiger charge is 2.58. The molecule has 4 aromatic carbocycles. The Balaban J connectivity index is 1.72. The zero-order valence-electron chi connectivity index (χ0n) is 24.9. The number of hydrogen-bond acceptors (Lipinski definition) is 1. The summed E-state index contributed by atoms with van der Waals surface area (Å²) < 4.78 is 1.44. The summed E-state index contributed by atoms with van der Waals surface area (Å²) in [6.45, 7) is 2.73. The van der Waals surface area contributed by atoms with Crippen LogP contribution in [0.3, 0.4) is 0 Å². The smallest absolute Gasteiger partial charge is 0.231 e. The number of Topliss-reactive ketones (excluding diaryl/α,β-unsaturated/α-hetero) is 1. The lowest BCUT2D eigenvalue weighted by atomic mass is 9.60. The molecule has 2 aliphatic heterocycles. The van der Waals surface area contributed by atoms with Gasteiger partial charge in [0.05, 0.1) is 57.7 Å². The van der Waals surface area contributed by atoms with Crippen molar-refractivity contribution in [3.8, 4) is 0 Å². The van der Waals surface area contributed by atoms with E-state index >= 15 is 4.79 Å². The summed E-state index contributed by atoms with van der Waals surface area (Å²) in [5.41, 5.74) is 5.86. The van der Waals surface area contributed by atoms with Gasteiger partial charge in [0.1, 0.15) is 6.54 Å². The summed E-state index contributed by atoms with van der Waals surface area (Å²) in [5, 5.41) is 0. The topological polar surface area (TPSA) is 17.1 Å². The summed E-state index contributed by atoms with van der Waals surface area (Å²) in [5.74, 6) is 0.249. The molecular weight excluding hydrogens is 500 g/mol. The third-order valence-electron chi connectivity index (χ3n) is 9.80. The molecule has 0 aromatic heterocycles. The highest BCUT2D eigenvalue weighted by molar-refractivity contribution is 6.06. The Kier molecular flexibility index (Phi) is 6.84. The minimum absolute atomic E-state index is 0.249. The van der Waals surface area contributed by atoms with E-state index in [1.807, 2.05) is 12.1 Å². The Hall–Kier alpha value is -3.79. The van der Waals surface area contributed by atoms with Gasteiger partial charge in [-0.1, -0.05) is 121 Å². The summed E-state index contributed by atoms with van der Waals surface area (Å²) in [7, 11) is 9.12. The van der Waals surface area contributed by atoms with Crippen molar-refractivity contribution in [3.05, 3.63) is 155 Å². The van der Waals surface area contributed by atoms with Crippen molar-refractivity contribution < 1.29 is 13.8 Å². The van der Waals surface area contributed by atoms with Crippen LogP contribution in [-0.2, 0) is 15.6 Å². The number of carbonyl (C=O) groups excluding carboxylic acids is 1. The Labute approximate surface area is 245 Å². The second-order valence-corrected chi connectivity index (χ2v) is 13.2. The molecule has 2 saturated heterocycles. The first kappa shape index (κ1) is 27.4. The number of rotatable bonds is 4. The SMILES string of the molecule is C[N+]1(C)CCC(c2ccccc2)(c2ccccc2)/C(=C2\C(=O)C(c3ccccc3)(c3ccccc3)CC[N+]2(C)C)C1. The molecule has 2 aliphatic rings. The molecule has 4 aromatic rings. The van der Waals surface area contributed by atoms with Crippen LogP contribution >= 0.6 is 0 Å². The minimum atomic E-state index is -0.730. The van der Waals surface area contributed by atoms with Crippen molar-refractivity contribution in [2.24, 2.45) is 0 Å². The Morgan fingerprint density at radius 2 is 0.878 bits per heavy atom. The lowest BCUT2D eigenvalue weighted by Gasteiger charge is -2.51. The number of ketones is 1. The standard InChI is InChI=1S/C38H42N2O/c1-39(2)27-25-37(30-17-9-5-10-18-30,31-19-11-6-12-20-31)34(29-39)35-36(41)38(26-28-40(35,3)4,32-21-13-7-14-22-32)33-23-15-8-16-24-33/h5-24H,25-29H2,1-4H3/q+2/b35-34+. The lowest BCUT2D eigenvalue weighted by molar-refractivity contribution is -0.892. The quantitative estimate of drug-likeness (QED) is 0.206.